The van der Waals surface area contributed by atoms with Gasteiger partial charge < -0.3 is 10.2 Å². The lowest BCUT2D eigenvalue weighted by molar-refractivity contribution is 0.419. The number of anilines is 2. The van der Waals surface area contributed by atoms with Crippen LogP contribution in [-0.2, 0) is 12.8 Å². The minimum absolute atomic E-state index is 0.640. The molecule has 2 atom stereocenters. The van der Waals surface area contributed by atoms with Crippen LogP contribution in [-0.4, -0.2) is 19.1 Å². The van der Waals surface area contributed by atoms with Crippen molar-refractivity contribution in [3.63, 3.8) is 0 Å². The molecular weight excluding hydrogens is 256 g/mol. The van der Waals surface area contributed by atoms with Crippen LogP contribution in [0.5, 0.6) is 0 Å². The second kappa shape index (κ2) is 4.35. The Morgan fingerprint density at radius 2 is 1.81 bits per heavy atom. The van der Waals surface area contributed by atoms with E-state index in [0.29, 0.717) is 12.0 Å². The Morgan fingerprint density at radius 3 is 2.81 bits per heavy atom. The van der Waals surface area contributed by atoms with Crippen LogP contribution in [0.4, 0.5) is 11.4 Å². The second-order valence-electron chi connectivity index (χ2n) is 6.52. The largest absolute Gasteiger partial charge is 0.337 e. The van der Waals surface area contributed by atoms with E-state index in [1.54, 1.807) is 5.56 Å². The van der Waals surface area contributed by atoms with Gasteiger partial charge in [-0.25, -0.2) is 0 Å². The lowest BCUT2D eigenvalue weighted by Gasteiger charge is -2.34. The fraction of sp³-hybridized carbons (Fsp3) is 0.368. The van der Waals surface area contributed by atoms with E-state index in [9.17, 15) is 0 Å². The smallest absolute Gasteiger partial charge is 0.0483 e. The minimum atomic E-state index is 0.640. The molecule has 2 aromatic rings. The first-order chi connectivity index (χ1) is 10.4. The summed E-state index contributed by atoms with van der Waals surface area (Å²) in [4.78, 5) is 2.68. The van der Waals surface area contributed by atoms with Crippen LogP contribution in [0.1, 0.15) is 29.0 Å². The van der Waals surface area contributed by atoms with E-state index in [0.717, 1.165) is 13.1 Å². The van der Waals surface area contributed by atoms with Gasteiger partial charge in [0.15, 0.2) is 0 Å². The van der Waals surface area contributed by atoms with Crippen molar-refractivity contribution in [2.45, 2.75) is 31.2 Å². The fourth-order valence-electron chi connectivity index (χ4n) is 4.57. The Bertz CT molecular complexity index is 706. The molecule has 0 amide bonds. The number of hydrogen-bond donors (Lipinski definition) is 1. The summed E-state index contributed by atoms with van der Waals surface area (Å²) in [5, 5.41) is 3.59. The highest BCUT2D eigenvalue weighted by atomic mass is 15.2. The van der Waals surface area contributed by atoms with Gasteiger partial charge in [0, 0.05) is 29.9 Å². The van der Waals surface area contributed by atoms with Gasteiger partial charge >= 0.3 is 0 Å². The molecule has 1 N–H and O–H groups in total. The first-order valence-electron chi connectivity index (χ1n) is 8.13. The molecule has 3 aliphatic heterocycles. The van der Waals surface area contributed by atoms with Crippen molar-refractivity contribution in [1.82, 2.24) is 5.32 Å². The highest BCUT2D eigenvalue weighted by Gasteiger charge is 2.42. The van der Waals surface area contributed by atoms with Gasteiger partial charge in [-0.2, -0.15) is 0 Å². The van der Waals surface area contributed by atoms with Crippen LogP contribution in [0.3, 0.4) is 0 Å². The highest BCUT2D eigenvalue weighted by Crippen LogP contribution is 2.51. The number of rotatable bonds is 0. The van der Waals surface area contributed by atoms with E-state index in [1.807, 2.05) is 0 Å². The molecule has 2 unspecified atom stereocenters. The van der Waals surface area contributed by atoms with Gasteiger partial charge in [0.1, 0.15) is 0 Å². The predicted molar refractivity (Wildman–Crippen MR) is 86.4 cm³/mol. The molecule has 0 aliphatic carbocycles. The van der Waals surface area contributed by atoms with Crippen LogP contribution in [0.25, 0.3) is 0 Å². The zero-order chi connectivity index (χ0) is 13.8. The van der Waals surface area contributed by atoms with Crippen molar-refractivity contribution >= 4 is 11.4 Å². The van der Waals surface area contributed by atoms with Gasteiger partial charge in [-0.3, -0.25) is 0 Å². The van der Waals surface area contributed by atoms with Gasteiger partial charge in [-0.15, -0.1) is 0 Å². The number of hydrogen-bond acceptors (Lipinski definition) is 2. The van der Waals surface area contributed by atoms with Crippen molar-refractivity contribution < 1.29 is 0 Å². The Kier molecular flexibility index (Phi) is 2.45. The summed E-state index contributed by atoms with van der Waals surface area (Å²) in [6.45, 7) is 2.27. The molecule has 2 aromatic carbocycles. The van der Waals surface area contributed by atoms with Gasteiger partial charge in [-0.05, 0) is 48.6 Å². The fourth-order valence-corrected chi connectivity index (χ4v) is 4.57. The highest BCUT2D eigenvalue weighted by molar-refractivity contribution is 5.79. The Hall–Kier alpha value is -1.80. The number of nitrogens with one attached hydrogen (secondary N) is 1. The maximum atomic E-state index is 3.59. The van der Waals surface area contributed by atoms with E-state index in [2.05, 4.69) is 52.7 Å². The van der Waals surface area contributed by atoms with Crippen molar-refractivity contribution in [3.05, 3.63) is 59.2 Å². The molecular formula is C19H20N2. The SMILES string of the molecule is c1ccc2c(c1)CCc1cccc3c1N2C1CCNCC31. The molecule has 0 aromatic heterocycles. The van der Waals surface area contributed by atoms with E-state index in [1.165, 1.54) is 41.8 Å². The number of benzene rings is 2. The lowest BCUT2D eigenvalue weighted by atomic mass is 9.88. The van der Waals surface area contributed by atoms with Gasteiger partial charge in [0.2, 0.25) is 0 Å². The standard InChI is InChI=1S/C19H20N2/c1-2-7-17-13(4-1)8-9-14-5-3-6-15-16-12-20-11-10-18(16)21(17)19(14)15/h1-7,16,18,20H,8-12H2. The summed E-state index contributed by atoms with van der Waals surface area (Å²) in [5.74, 6) is 0.653. The van der Waals surface area contributed by atoms with Crippen LogP contribution in [0, 0.1) is 0 Å². The topological polar surface area (TPSA) is 15.3 Å². The average molecular weight is 276 g/mol. The monoisotopic (exact) mass is 276 g/mol. The molecule has 21 heavy (non-hydrogen) atoms. The molecule has 2 nitrogen and oxygen atoms in total. The molecule has 3 aliphatic rings. The summed E-state index contributed by atoms with van der Waals surface area (Å²) in [6, 6.07) is 16.6. The molecule has 0 bridgehead atoms. The first-order valence-corrected chi connectivity index (χ1v) is 8.13. The zero-order valence-electron chi connectivity index (χ0n) is 12.2. The Balaban J connectivity index is 1.79. The molecule has 5 rings (SSSR count). The van der Waals surface area contributed by atoms with Gasteiger partial charge in [0.25, 0.3) is 0 Å². The number of piperidine rings is 1. The average Bonchev–Trinajstić information content (AvgIpc) is 2.78. The number of para-hydroxylation sites is 2. The number of fused-ring (bicyclic) bond motifs is 5. The van der Waals surface area contributed by atoms with Crippen molar-refractivity contribution in [3.8, 4) is 0 Å². The van der Waals surface area contributed by atoms with Crippen LogP contribution < -0.4 is 10.2 Å². The molecule has 0 radical (unpaired) electrons. The Morgan fingerprint density at radius 1 is 0.952 bits per heavy atom. The van der Waals surface area contributed by atoms with Crippen LogP contribution in [0.2, 0.25) is 0 Å². The summed E-state index contributed by atoms with van der Waals surface area (Å²) in [7, 11) is 0. The summed E-state index contributed by atoms with van der Waals surface area (Å²) >= 11 is 0. The van der Waals surface area contributed by atoms with E-state index < -0.39 is 0 Å². The third-order valence-corrected chi connectivity index (χ3v) is 5.48. The quantitative estimate of drug-likeness (QED) is 0.793. The Labute approximate surface area is 125 Å². The lowest BCUT2D eigenvalue weighted by Crippen LogP contribution is -2.42. The zero-order valence-corrected chi connectivity index (χ0v) is 12.2. The molecule has 0 saturated carbocycles. The molecule has 1 saturated heterocycles. The third kappa shape index (κ3) is 1.57. The predicted octanol–water partition coefficient (Wildman–Crippen LogP) is 3.38. The van der Waals surface area contributed by atoms with E-state index in [4.69, 9.17) is 0 Å². The first kappa shape index (κ1) is 11.8. The van der Waals surface area contributed by atoms with Crippen LogP contribution >= 0.6 is 0 Å². The molecule has 106 valence electrons. The van der Waals surface area contributed by atoms with Crippen molar-refractivity contribution in [2.75, 3.05) is 18.0 Å². The summed E-state index contributed by atoms with van der Waals surface area (Å²) < 4.78 is 0. The van der Waals surface area contributed by atoms with Crippen molar-refractivity contribution in [2.24, 2.45) is 0 Å². The molecule has 3 heterocycles. The van der Waals surface area contributed by atoms with Gasteiger partial charge in [0.05, 0.1) is 0 Å². The maximum absolute atomic E-state index is 3.59. The molecule has 0 spiro atoms. The number of aryl methyl sites for hydroxylation is 2. The maximum Gasteiger partial charge on any atom is 0.0483 e. The molecule has 2 heteroatoms. The third-order valence-electron chi connectivity index (χ3n) is 5.48. The summed E-state index contributed by atoms with van der Waals surface area (Å²) in [6.07, 6.45) is 3.58. The molecule has 1 fully saturated rings. The van der Waals surface area contributed by atoms with Gasteiger partial charge in [-0.1, -0.05) is 36.4 Å². The minimum Gasteiger partial charge on any atom is -0.337 e. The normalized spacial score (nSPS) is 25.8. The van der Waals surface area contributed by atoms with Crippen molar-refractivity contribution in [1.29, 1.82) is 0 Å². The summed E-state index contributed by atoms with van der Waals surface area (Å²) in [5.41, 5.74) is 7.61. The number of nitrogens with zero attached hydrogens (tertiary/aromatic N) is 1. The van der Waals surface area contributed by atoms with Crippen LogP contribution in [0.15, 0.2) is 42.5 Å². The second-order valence-corrected chi connectivity index (χ2v) is 6.52. The van der Waals surface area contributed by atoms with E-state index >= 15 is 0 Å². The van der Waals surface area contributed by atoms with E-state index in [-0.39, 0.29) is 0 Å².